The topological polar surface area (TPSA) is 53.2 Å². The molecular weight excluding hydrogens is 298 g/mol. The Morgan fingerprint density at radius 1 is 1.18 bits per heavy atom. The Kier molecular flexibility index (Phi) is 6.52. The SMILES string of the molecule is Cl.O=C(NCC1CCCCC1)Nc1ccc2c(c1)CCNC2. The van der Waals surface area contributed by atoms with E-state index in [2.05, 4.69) is 28.1 Å². The zero-order valence-corrected chi connectivity index (χ0v) is 13.8. The van der Waals surface area contributed by atoms with Crippen LogP contribution in [0.2, 0.25) is 0 Å². The van der Waals surface area contributed by atoms with E-state index in [0.717, 1.165) is 31.7 Å². The van der Waals surface area contributed by atoms with Gasteiger partial charge in [-0.15, -0.1) is 12.4 Å². The monoisotopic (exact) mass is 323 g/mol. The van der Waals surface area contributed by atoms with Crippen LogP contribution in [0.25, 0.3) is 0 Å². The van der Waals surface area contributed by atoms with Gasteiger partial charge in [0.25, 0.3) is 0 Å². The fourth-order valence-electron chi connectivity index (χ4n) is 3.36. The Hall–Kier alpha value is -1.26. The van der Waals surface area contributed by atoms with Crippen molar-refractivity contribution < 1.29 is 4.79 Å². The minimum atomic E-state index is -0.0746. The highest BCUT2D eigenvalue weighted by molar-refractivity contribution is 5.89. The molecule has 0 bridgehead atoms. The third-order valence-corrected chi connectivity index (χ3v) is 4.63. The maximum atomic E-state index is 12.0. The second-order valence-corrected chi connectivity index (χ2v) is 6.25. The van der Waals surface area contributed by atoms with Crippen molar-refractivity contribution in [2.75, 3.05) is 18.4 Å². The highest BCUT2D eigenvalue weighted by Crippen LogP contribution is 2.23. The summed E-state index contributed by atoms with van der Waals surface area (Å²) in [6.07, 6.45) is 7.53. The standard InChI is InChI=1S/C17H25N3O.ClH/c21-17(19-11-13-4-2-1-3-5-13)20-16-7-6-15-12-18-9-8-14(15)10-16;/h6-7,10,13,18H,1-5,8-9,11-12H2,(H2,19,20,21);1H. The van der Waals surface area contributed by atoms with E-state index in [-0.39, 0.29) is 18.4 Å². The average molecular weight is 324 g/mol. The number of nitrogens with one attached hydrogen (secondary N) is 3. The molecule has 122 valence electrons. The van der Waals surface area contributed by atoms with E-state index in [4.69, 9.17) is 0 Å². The summed E-state index contributed by atoms with van der Waals surface area (Å²) in [5.74, 6) is 0.666. The fourth-order valence-corrected chi connectivity index (χ4v) is 3.36. The first-order chi connectivity index (χ1) is 10.3. The van der Waals surface area contributed by atoms with Gasteiger partial charge in [-0.1, -0.05) is 25.3 Å². The molecule has 1 aromatic rings. The molecule has 0 saturated heterocycles. The van der Waals surface area contributed by atoms with E-state index in [9.17, 15) is 4.79 Å². The van der Waals surface area contributed by atoms with Crippen LogP contribution in [-0.4, -0.2) is 19.1 Å². The van der Waals surface area contributed by atoms with E-state index in [1.807, 2.05) is 6.07 Å². The normalized spacial score (nSPS) is 18.0. The summed E-state index contributed by atoms with van der Waals surface area (Å²) in [6.45, 7) is 2.76. The van der Waals surface area contributed by atoms with Gasteiger partial charge < -0.3 is 16.0 Å². The Morgan fingerprint density at radius 2 is 2.00 bits per heavy atom. The van der Waals surface area contributed by atoms with Crippen LogP contribution in [0.4, 0.5) is 10.5 Å². The molecule has 0 radical (unpaired) electrons. The molecule has 4 nitrogen and oxygen atoms in total. The lowest BCUT2D eigenvalue weighted by atomic mass is 9.89. The van der Waals surface area contributed by atoms with Gasteiger partial charge in [-0.3, -0.25) is 0 Å². The van der Waals surface area contributed by atoms with Crippen LogP contribution in [0.5, 0.6) is 0 Å². The Morgan fingerprint density at radius 3 is 2.82 bits per heavy atom. The largest absolute Gasteiger partial charge is 0.338 e. The lowest BCUT2D eigenvalue weighted by Crippen LogP contribution is -2.33. The van der Waals surface area contributed by atoms with Gasteiger partial charge in [-0.05, 0) is 55.0 Å². The predicted molar refractivity (Wildman–Crippen MR) is 92.7 cm³/mol. The van der Waals surface area contributed by atoms with Crippen molar-refractivity contribution >= 4 is 24.1 Å². The van der Waals surface area contributed by atoms with Crippen LogP contribution in [0.15, 0.2) is 18.2 Å². The number of hydrogen-bond acceptors (Lipinski definition) is 2. The minimum Gasteiger partial charge on any atom is -0.338 e. The molecule has 1 aromatic carbocycles. The molecule has 1 saturated carbocycles. The second-order valence-electron chi connectivity index (χ2n) is 6.25. The molecule has 3 rings (SSSR count). The smallest absolute Gasteiger partial charge is 0.319 e. The fraction of sp³-hybridized carbons (Fsp3) is 0.588. The lowest BCUT2D eigenvalue weighted by molar-refractivity contribution is 0.247. The quantitative estimate of drug-likeness (QED) is 0.798. The number of carbonyl (C=O) groups excluding carboxylic acids is 1. The van der Waals surface area contributed by atoms with E-state index < -0.39 is 0 Å². The van der Waals surface area contributed by atoms with Gasteiger partial charge in [0.1, 0.15) is 0 Å². The first kappa shape index (κ1) is 17.1. The maximum absolute atomic E-state index is 12.0. The molecule has 1 fully saturated rings. The summed E-state index contributed by atoms with van der Waals surface area (Å²) in [7, 11) is 0. The Balaban J connectivity index is 0.00000176. The number of halogens is 1. The van der Waals surface area contributed by atoms with Crippen molar-refractivity contribution in [1.82, 2.24) is 10.6 Å². The minimum absolute atomic E-state index is 0. The van der Waals surface area contributed by atoms with Crippen LogP contribution in [0, 0.1) is 5.92 Å². The van der Waals surface area contributed by atoms with Crippen LogP contribution in [-0.2, 0) is 13.0 Å². The van der Waals surface area contributed by atoms with Crippen LogP contribution in [0.1, 0.15) is 43.2 Å². The summed E-state index contributed by atoms with van der Waals surface area (Å²) >= 11 is 0. The van der Waals surface area contributed by atoms with E-state index in [1.165, 1.54) is 43.2 Å². The number of fused-ring (bicyclic) bond motifs is 1. The average Bonchev–Trinajstić information content (AvgIpc) is 2.54. The van der Waals surface area contributed by atoms with Gasteiger partial charge >= 0.3 is 6.03 Å². The van der Waals surface area contributed by atoms with Crippen molar-refractivity contribution in [3.8, 4) is 0 Å². The summed E-state index contributed by atoms with van der Waals surface area (Å²) in [4.78, 5) is 12.0. The van der Waals surface area contributed by atoms with Crippen molar-refractivity contribution in [3.05, 3.63) is 29.3 Å². The van der Waals surface area contributed by atoms with Gasteiger partial charge in [0.15, 0.2) is 0 Å². The molecule has 0 spiro atoms. The molecular formula is C17H26ClN3O. The van der Waals surface area contributed by atoms with Gasteiger partial charge in [-0.2, -0.15) is 0 Å². The van der Waals surface area contributed by atoms with E-state index in [0.29, 0.717) is 5.92 Å². The lowest BCUT2D eigenvalue weighted by Gasteiger charge is -2.22. The van der Waals surface area contributed by atoms with Crippen LogP contribution in [0.3, 0.4) is 0 Å². The number of amides is 2. The first-order valence-corrected chi connectivity index (χ1v) is 8.18. The molecule has 22 heavy (non-hydrogen) atoms. The van der Waals surface area contributed by atoms with Crippen molar-refractivity contribution in [2.45, 2.75) is 45.1 Å². The predicted octanol–water partition coefficient (Wildman–Crippen LogP) is 3.46. The summed E-state index contributed by atoms with van der Waals surface area (Å²) in [5.41, 5.74) is 3.59. The van der Waals surface area contributed by atoms with Crippen molar-refractivity contribution in [3.63, 3.8) is 0 Å². The van der Waals surface area contributed by atoms with E-state index in [1.54, 1.807) is 0 Å². The zero-order valence-electron chi connectivity index (χ0n) is 13.0. The van der Waals surface area contributed by atoms with Crippen molar-refractivity contribution in [2.24, 2.45) is 5.92 Å². The summed E-state index contributed by atoms with van der Waals surface area (Å²) in [5, 5.41) is 9.34. The molecule has 0 atom stereocenters. The first-order valence-electron chi connectivity index (χ1n) is 8.18. The number of rotatable bonds is 3. The molecule has 1 aliphatic carbocycles. The molecule has 2 amide bonds. The van der Waals surface area contributed by atoms with Gasteiger partial charge in [0.05, 0.1) is 0 Å². The maximum Gasteiger partial charge on any atom is 0.319 e. The Labute approximate surface area is 138 Å². The number of hydrogen-bond donors (Lipinski definition) is 3. The van der Waals surface area contributed by atoms with Crippen molar-refractivity contribution in [1.29, 1.82) is 0 Å². The molecule has 1 heterocycles. The third-order valence-electron chi connectivity index (χ3n) is 4.63. The highest BCUT2D eigenvalue weighted by Gasteiger charge is 2.14. The zero-order chi connectivity index (χ0) is 14.5. The molecule has 3 N–H and O–H groups in total. The molecule has 5 heteroatoms. The van der Waals surface area contributed by atoms with Gasteiger partial charge in [0.2, 0.25) is 0 Å². The van der Waals surface area contributed by atoms with E-state index >= 15 is 0 Å². The summed E-state index contributed by atoms with van der Waals surface area (Å²) < 4.78 is 0. The van der Waals surface area contributed by atoms with Gasteiger partial charge in [0, 0.05) is 18.8 Å². The highest BCUT2D eigenvalue weighted by atomic mass is 35.5. The molecule has 0 aromatic heterocycles. The Bertz CT molecular complexity index is 501. The molecule has 2 aliphatic rings. The number of carbonyl (C=O) groups is 1. The number of anilines is 1. The second kappa shape index (κ2) is 8.39. The third kappa shape index (κ3) is 4.62. The van der Waals surface area contributed by atoms with Crippen LogP contribution < -0.4 is 16.0 Å². The number of benzene rings is 1. The van der Waals surface area contributed by atoms with Gasteiger partial charge in [-0.25, -0.2) is 4.79 Å². The van der Waals surface area contributed by atoms with Crippen LogP contribution >= 0.6 is 12.4 Å². The molecule has 1 aliphatic heterocycles. The molecule has 0 unspecified atom stereocenters. The number of urea groups is 1. The summed E-state index contributed by atoms with van der Waals surface area (Å²) in [6, 6.07) is 6.13.